The number of amides is 2. The molecule has 0 atom stereocenters. The number of benzene rings is 2. The van der Waals surface area contributed by atoms with E-state index in [0.717, 1.165) is 91.6 Å². The molecule has 44 heavy (non-hydrogen) atoms. The van der Waals surface area contributed by atoms with Crippen molar-refractivity contribution in [2.45, 2.75) is 64.0 Å². The Morgan fingerprint density at radius 2 is 1.75 bits per heavy atom. The predicted octanol–water partition coefficient (Wildman–Crippen LogP) is 4.84. The monoisotopic (exact) mass is 616 g/mol. The van der Waals surface area contributed by atoms with Crippen molar-refractivity contribution in [2.24, 2.45) is 11.7 Å². The Morgan fingerprint density at radius 3 is 2.48 bits per heavy atom. The summed E-state index contributed by atoms with van der Waals surface area (Å²) < 4.78 is 2.40. The number of nitrogens with one attached hydrogen (secondary N) is 2. The van der Waals surface area contributed by atoms with Crippen LogP contribution in [-0.2, 0) is 16.1 Å². The lowest BCUT2D eigenvalue weighted by Crippen LogP contribution is -2.51. The molecule has 2 fully saturated rings. The fourth-order valence-electron chi connectivity index (χ4n) is 6.64. The number of carbonyl (C=O) groups excluding carboxylic acids is 2. The Bertz CT molecular complexity index is 1450. The number of carbonyl (C=O) groups is 2. The van der Waals surface area contributed by atoms with Gasteiger partial charge in [-0.1, -0.05) is 61.8 Å². The maximum absolute atomic E-state index is 13.0. The molecule has 0 unspecified atom stereocenters. The van der Waals surface area contributed by atoms with Gasteiger partial charge in [0, 0.05) is 73.4 Å². The largest absolute Gasteiger partial charge is 0.389 e. The third-order valence-corrected chi connectivity index (χ3v) is 9.52. The zero-order valence-electron chi connectivity index (χ0n) is 26.3. The number of aromatic nitrogens is 1. The van der Waals surface area contributed by atoms with Gasteiger partial charge >= 0.3 is 0 Å². The molecule has 0 saturated carbocycles. The predicted molar refractivity (Wildman–Crippen MR) is 183 cm³/mol. The zero-order chi connectivity index (χ0) is 31.1. The van der Waals surface area contributed by atoms with Crippen molar-refractivity contribution >= 4 is 39.9 Å². The average molecular weight is 617 g/mol. The molecular formula is C35H48N6O2S. The molecule has 3 heterocycles. The summed E-state index contributed by atoms with van der Waals surface area (Å²) in [6, 6.07) is 14.9. The average Bonchev–Trinajstić information content (AvgIpc) is 3.40. The molecule has 3 aromatic rings. The van der Waals surface area contributed by atoms with E-state index in [1.807, 2.05) is 26.2 Å². The zero-order valence-corrected chi connectivity index (χ0v) is 27.1. The molecule has 236 valence electrons. The van der Waals surface area contributed by atoms with Crippen molar-refractivity contribution in [1.29, 1.82) is 0 Å². The molecule has 9 heteroatoms. The van der Waals surface area contributed by atoms with Gasteiger partial charge in [-0.3, -0.25) is 9.59 Å². The second kappa shape index (κ2) is 15.1. The number of likely N-dealkylation sites (tertiary alicyclic amines) is 2. The Kier molecular flexibility index (Phi) is 11.1. The van der Waals surface area contributed by atoms with Crippen molar-refractivity contribution in [3.63, 3.8) is 0 Å². The Hall–Kier alpha value is -3.27. The lowest BCUT2D eigenvalue weighted by Gasteiger charge is -2.34. The van der Waals surface area contributed by atoms with E-state index in [0.29, 0.717) is 23.9 Å². The van der Waals surface area contributed by atoms with Crippen molar-refractivity contribution < 1.29 is 9.59 Å². The number of hydrogen-bond acceptors (Lipinski definition) is 5. The number of nitrogens with zero attached hydrogens (tertiary/aromatic N) is 3. The van der Waals surface area contributed by atoms with Crippen molar-refractivity contribution in [1.82, 2.24) is 25.0 Å². The maximum Gasteiger partial charge on any atom is 0.225 e. The van der Waals surface area contributed by atoms with E-state index in [1.165, 1.54) is 19.3 Å². The van der Waals surface area contributed by atoms with Gasteiger partial charge in [0.15, 0.2) is 0 Å². The highest BCUT2D eigenvalue weighted by molar-refractivity contribution is 7.80. The van der Waals surface area contributed by atoms with E-state index in [1.54, 1.807) is 0 Å². The van der Waals surface area contributed by atoms with Gasteiger partial charge < -0.3 is 30.7 Å². The molecular weight excluding hydrogens is 568 g/mol. The quantitative estimate of drug-likeness (QED) is 0.177. The van der Waals surface area contributed by atoms with E-state index >= 15 is 0 Å². The summed E-state index contributed by atoms with van der Waals surface area (Å²) in [4.78, 5) is 30.2. The Labute approximate surface area is 267 Å². The van der Waals surface area contributed by atoms with Crippen molar-refractivity contribution in [3.8, 4) is 11.1 Å². The van der Waals surface area contributed by atoms with Crippen LogP contribution >= 0.6 is 12.2 Å². The minimum atomic E-state index is 0.0799. The van der Waals surface area contributed by atoms with Crippen LogP contribution in [0, 0.1) is 5.92 Å². The number of hydrogen-bond donors (Lipinski definition) is 3. The molecule has 0 radical (unpaired) electrons. The van der Waals surface area contributed by atoms with Crippen LogP contribution in [0.2, 0.25) is 0 Å². The Balaban J connectivity index is 1.29. The number of unbranched alkanes of at least 4 members (excludes halogenated alkanes) is 4. The molecule has 2 aromatic carbocycles. The first kappa shape index (κ1) is 32.1. The normalized spacial score (nSPS) is 16.3. The SMILES string of the molecule is CNCCCCCCCC(=O)N1CCC(n2cc(-c3cccc(C(N)=S)c3)c3ccc(CNC(=O)C4CN(C)C4)cc32)CC1. The summed E-state index contributed by atoms with van der Waals surface area (Å²) in [5, 5.41) is 7.50. The van der Waals surface area contributed by atoms with Gasteiger partial charge in [0.05, 0.1) is 5.92 Å². The highest BCUT2D eigenvalue weighted by Gasteiger charge is 2.30. The van der Waals surface area contributed by atoms with Crippen LogP contribution in [0.15, 0.2) is 48.7 Å². The number of piperidine rings is 1. The number of fused-ring (bicyclic) bond motifs is 1. The molecule has 2 amide bonds. The second-order valence-electron chi connectivity index (χ2n) is 12.6. The minimum Gasteiger partial charge on any atom is -0.389 e. The highest BCUT2D eigenvalue weighted by atomic mass is 32.1. The topological polar surface area (TPSA) is 95.6 Å². The Morgan fingerprint density at radius 1 is 1.00 bits per heavy atom. The highest BCUT2D eigenvalue weighted by Crippen LogP contribution is 2.36. The first-order valence-corrected chi connectivity index (χ1v) is 16.7. The maximum atomic E-state index is 13.0. The molecule has 2 aliphatic rings. The van der Waals surface area contributed by atoms with Crippen LogP contribution in [-0.4, -0.2) is 78.0 Å². The number of rotatable bonds is 14. The lowest BCUT2D eigenvalue weighted by atomic mass is 10.00. The third-order valence-electron chi connectivity index (χ3n) is 9.29. The number of thiocarbonyl (C=S) groups is 1. The van der Waals surface area contributed by atoms with Gasteiger partial charge in [-0.2, -0.15) is 0 Å². The van der Waals surface area contributed by atoms with Gasteiger partial charge in [-0.25, -0.2) is 0 Å². The molecule has 0 bridgehead atoms. The van der Waals surface area contributed by atoms with E-state index in [-0.39, 0.29) is 17.9 Å². The molecule has 5 rings (SSSR count). The molecule has 0 aliphatic carbocycles. The summed E-state index contributed by atoms with van der Waals surface area (Å²) in [6.07, 6.45) is 10.5. The van der Waals surface area contributed by atoms with Crippen LogP contribution in [0.1, 0.15) is 68.5 Å². The standard InChI is InChI=1S/C35H48N6O2S/c1-37-16-7-5-3-4-6-11-33(42)40-17-14-29(15-18-40)41-24-31(26-9-8-10-27(20-26)34(36)44)30-13-12-25(19-32(30)41)21-38-35(43)28-22-39(2)23-28/h8-10,12-13,19-20,24,28-29,37H,3-7,11,14-18,21-23H2,1-2H3,(H2,36,44)(H,38,43). The molecule has 2 saturated heterocycles. The fourth-order valence-corrected chi connectivity index (χ4v) is 6.76. The summed E-state index contributed by atoms with van der Waals surface area (Å²) in [7, 11) is 4.03. The summed E-state index contributed by atoms with van der Waals surface area (Å²) in [6.45, 7) is 4.78. The van der Waals surface area contributed by atoms with Crippen LogP contribution in [0.25, 0.3) is 22.0 Å². The molecule has 8 nitrogen and oxygen atoms in total. The van der Waals surface area contributed by atoms with E-state index < -0.39 is 0 Å². The van der Waals surface area contributed by atoms with Crippen LogP contribution in [0.5, 0.6) is 0 Å². The van der Waals surface area contributed by atoms with Crippen LogP contribution in [0.4, 0.5) is 0 Å². The first-order chi connectivity index (χ1) is 21.3. The van der Waals surface area contributed by atoms with Crippen LogP contribution in [0.3, 0.4) is 0 Å². The third kappa shape index (κ3) is 7.86. The van der Waals surface area contributed by atoms with Gasteiger partial charge in [0.2, 0.25) is 11.8 Å². The minimum absolute atomic E-state index is 0.0799. The summed E-state index contributed by atoms with van der Waals surface area (Å²) in [5.74, 6) is 0.498. The smallest absolute Gasteiger partial charge is 0.225 e. The molecule has 2 aliphatic heterocycles. The van der Waals surface area contributed by atoms with Gasteiger partial charge in [-0.05, 0) is 69.6 Å². The van der Waals surface area contributed by atoms with Gasteiger partial charge in [0.1, 0.15) is 4.99 Å². The molecule has 4 N–H and O–H groups in total. The van der Waals surface area contributed by atoms with Crippen LogP contribution < -0.4 is 16.4 Å². The van der Waals surface area contributed by atoms with Gasteiger partial charge in [0.25, 0.3) is 0 Å². The second-order valence-corrected chi connectivity index (χ2v) is 13.1. The molecule has 0 spiro atoms. The van der Waals surface area contributed by atoms with Crippen molar-refractivity contribution in [3.05, 3.63) is 59.8 Å². The summed E-state index contributed by atoms with van der Waals surface area (Å²) in [5.41, 5.74) is 11.3. The summed E-state index contributed by atoms with van der Waals surface area (Å²) >= 11 is 5.27. The van der Waals surface area contributed by atoms with E-state index in [4.69, 9.17) is 18.0 Å². The van der Waals surface area contributed by atoms with E-state index in [2.05, 4.69) is 61.5 Å². The lowest BCUT2D eigenvalue weighted by molar-refractivity contribution is -0.132. The molecule has 1 aromatic heterocycles. The fraction of sp³-hybridized carbons (Fsp3) is 0.514. The van der Waals surface area contributed by atoms with Gasteiger partial charge in [-0.15, -0.1) is 0 Å². The number of nitrogens with two attached hydrogens (primary N) is 1. The van der Waals surface area contributed by atoms with E-state index in [9.17, 15) is 9.59 Å². The van der Waals surface area contributed by atoms with Crippen molar-refractivity contribution in [2.75, 3.05) is 46.8 Å². The first-order valence-electron chi connectivity index (χ1n) is 16.3.